The summed E-state index contributed by atoms with van der Waals surface area (Å²) in [5.41, 5.74) is 1.59. The maximum atomic E-state index is 13.4. The number of hydrogen-bond donors (Lipinski definition) is 1. The topological polar surface area (TPSA) is 24.4 Å². The molecule has 1 spiro atoms. The fourth-order valence-corrected chi connectivity index (χ4v) is 3.95. The van der Waals surface area contributed by atoms with Crippen LogP contribution in [0.1, 0.15) is 52.0 Å². The van der Waals surface area contributed by atoms with Gasteiger partial charge in [0.15, 0.2) is 0 Å². The third-order valence-corrected chi connectivity index (χ3v) is 5.32. The smallest absolute Gasteiger partial charge is 0.131 e. The minimum absolute atomic E-state index is 0.250. The maximum absolute atomic E-state index is 13.4. The molecule has 2 nitrogen and oxygen atoms in total. The van der Waals surface area contributed by atoms with E-state index in [2.05, 4.69) is 26.1 Å². The van der Waals surface area contributed by atoms with E-state index in [1.807, 2.05) is 6.07 Å². The highest BCUT2D eigenvalue weighted by Gasteiger charge is 2.42. The predicted molar refractivity (Wildman–Crippen MR) is 92.8 cm³/mol. The lowest BCUT2D eigenvalue weighted by molar-refractivity contribution is 0.131. The molecular formula is C18H23FN2S. The van der Waals surface area contributed by atoms with Crippen molar-refractivity contribution in [3.8, 4) is 0 Å². The fourth-order valence-electron chi connectivity index (χ4n) is 3.59. The van der Waals surface area contributed by atoms with E-state index in [-0.39, 0.29) is 11.5 Å². The van der Waals surface area contributed by atoms with Crippen molar-refractivity contribution in [2.24, 2.45) is 16.3 Å². The summed E-state index contributed by atoms with van der Waals surface area (Å²) in [6.45, 7) is 6.93. The summed E-state index contributed by atoms with van der Waals surface area (Å²) in [5.74, 6) is 0.474. The molecule has 0 unspecified atom stereocenters. The molecule has 0 amide bonds. The Labute approximate surface area is 137 Å². The van der Waals surface area contributed by atoms with Crippen molar-refractivity contribution in [1.82, 2.24) is 5.32 Å². The molecule has 0 aromatic heterocycles. The molecule has 1 aromatic carbocycles. The van der Waals surface area contributed by atoms with Crippen LogP contribution >= 0.6 is 12.2 Å². The van der Waals surface area contributed by atoms with Gasteiger partial charge in [0.25, 0.3) is 0 Å². The molecule has 1 aliphatic carbocycles. The van der Waals surface area contributed by atoms with Crippen molar-refractivity contribution in [3.05, 3.63) is 35.6 Å². The monoisotopic (exact) mass is 318 g/mol. The Morgan fingerprint density at radius 2 is 1.95 bits per heavy atom. The zero-order chi connectivity index (χ0) is 16.0. The molecule has 4 heteroatoms. The van der Waals surface area contributed by atoms with E-state index in [1.54, 1.807) is 6.07 Å². The molecule has 0 saturated heterocycles. The van der Waals surface area contributed by atoms with Crippen molar-refractivity contribution in [3.63, 3.8) is 0 Å². The van der Waals surface area contributed by atoms with Crippen LogP contribution in [0, 0.1) is 17.2 Å². The van der Waals surface area contributed by atoms with Crippen LogP contribution in [0.15, 0.2) is 29.3 Å². The quantitative estimate of drug-likeness (QED) is 0.772. The summed E-state index contributed by atoms with van der Waals surface area (Å²) in [6, 6.07) is 6.53. The zero-order valence-electron chi connectivity index (χ0n) is 13.4. The van der Waals surface area contributed by atoms with Gasteiger partial charge in [-0.1, -0.05) is 45.1 Å². The largest absolute Gasteiger partial charge is 0.351 e. The van der Waals surface area contributed by atoms with Gasteiger partial charge < -0.3 is 5.32 Å². The number of hydrogen-bond acceptors (Lipinski definition) is 2. The Morgan fingerprint density at radius 3 is 2.55 bits per heavy atom. The molecule has 0 bridgehead atoms. The summed E-state index contributed by atoms with van der Waals surface area (Å²) in [7, 11) is 0. The molecule has 1 aliphatic heterocycles. The first-order valence-corrected chi connectivity index (χ1v) is 8.38. The van der Waals surface area contributed by atoms with Crippen molar-refractivity contribution < 1.29 is 4.39 Å². The van der Waals surface area contributed by atoms with Gasteiger partial charge in [0.1, 0.15) is 22.2 Å². The third-order valence-electron chi connectivity index (χ3n) is 5.02. The minimum atomic E-state index is -0.263. The Balaban J connectivity index is 1.82. The van der Waals surface area contributed by atoms with Gasteiger partial charge in [-0.25, -0.2) is 4.39 Å². The van der Waals surface area contributed by atoms with Crippen molar-refractivity contribution in [1.29, 1.82) is 0 Å². The first kappa shape index (κ1) is 15.6. The second kappa shape index (κ2) is 5.41. The number of nitrogens with one attached hydrogen (secondary N) is 1. The number of nitrogens with zero attached hydrogens (tertiary/aromatic N) is 1. The van der Waals surface area contributed by atoms with Crippen LogP contribution in [0.2, 0.25) is 0 Å². The average Bonchev–Trinajstić information content (AvgIpc) is 2.75. The van der Waals surface area contributed by atoms with Crippen molar-refractivity contribution in [2.75, 3.05) is 0 Å². The lowest BCUT2D eigenvalue weighted by Gasteiger charge is -2.40. The molecule has 1 aromatic rings. The van der Waals surface area contributed by atoms with Crippen LogP contribution in [0.3, 0.4) is 0 Å². The van der Waals surface area contributed by atoms with Crippen molar-refractivity contribution >= 4 is 22.9 Å². The standard InChI is InChI=1S/C18H23FN2S/c1-17(2,3)13-7-9-18(10-8-13)20-15(16(22)21-18)12-5-4-6-14(19)11-12/h4-6,11,13H,7-10H2,1-3H3,(H,21,22). The normalized spacial score (nSPS) is 28.6. The molecule has 2 aliphatic rings. The molecule has 1 N–H and O–H groups in total. The van der Waals surface area contributed by atoms with Crippen LogP contribution in [0.5, 0.6) is 0 Å². The predicted octanol–water partition coefficient (Wildman–Crippen LogP) is 4.48. The maximum Gasteiger partial charge on any atom is 0.131 e. The van der Waals surface area contributed by atoms with E-state index in [9.17, 15) is 4.39 Å². The van der Waals surface area contributed by atoms with E-state index in [4.69, 9.17) is 17.2 Å². The first-order valence-electron chi connectivity index (χ1n) is 7.97. The Morgan fingerprint density at radius 1 is 1.27 bits per heavy atom. The van der Waals surface area contributed by atoms with Crippen LogP contribution in [-0.4, -0.2) is 16.4 Å². The SMILES string of the molecule is CC(C)(C)C1CCC2(CC1)N=C(c1cccc(F)c1)C(=S)N2. The van der Waals surface area contributed by atoms with Gasteiger partial charge in [0, 0.05) is 5.56 Å². The highest BCUT2D eigenvalue weighted by molar-refractivity contribution is 7.82. The molecule has 1 heterocycles. The lowest BCUT2D eigenvalue weighted by atomic mass is 9.70. The molecule has 1 saturated carbocycles. The summed E-state index contributed by atoms with van der Waals surface area (Å²) in [6.07, 6.45) is 4.29. The van der Waals surface area contributed by atoms with E-state index in [0.29, 0.717) is 10.4 Å². The number of halogens is 1. The van der Waals surface area contributed by atoms with Crippen molar-refractivity contribution in [2.45, 2.75) is 52.1 Å². The summed E-state index contributed by atoms with van der Waals surface area (Å²) < 4.78 is 13.4. The van der Waals surface area contributed by atoms with Crippen LogP contribution in [0.4, 0.5) is 4.39 Å². The van der Waals surface area contributed by atoms with E-state index in [1.165, 1.54) is 12.1 Å². The molecule has 0 atom stereocenters. The number of benzene rings is 1. The van der Waals surface area contributed by atoms with Crippen LogP contribution < -0.4 is 5.32 Å². The fraction of sp³-hybridized carbons (Fsp3) is 0.556. The first-order chi connectivity index (χ1) is 10.3. The third kappa shape index (κ3) is 2.94. The Bertz CT molecular complexity index is 622. The van der Waals surface area contributed by atoms with Gasteiger partial charge in [-0.2, -0.15) is 0 Å². The highest BCUT2D eigenvalue weighted by atomic mass is 32.1. The molecule has 1 fully saturated rings. The molecule has 118 valence electrons. The molecule has 0 radical (unpaired) electrons. The van der Waals surface area contributed by atoms with Gasteiger partial charge in [-0.05, 0) is 49.1 Å². The summed E-state index contributed by atoms with van der Waals surface area (Å²) >= 11 is 5.46. The van der Waals surface area contributed by atoms with Gasteiger partial charge >= 0.3 is 0 Å². The molecule has 3 rings (SSSR count). The molecular weight excluding hydrogens is 295 g/mol. The summed E-state index contributed by atoms with van der Waals surface area (Å²) in [5, 5.41) is 3.41. The van der Waals surface area contributed by atoms with E-state index in [0.717, 1.165) is 42.9 Å². The average molecular weight is 318 g/mol. The second-order valence-corrected chi connectivity index (χ2v) is 8.01. The number of rotatable bonds is 1. The number of aliphatic imine (C=N–C) groups is 1. The minimum Gasteiger partial charge on any atom is -0.351 e. The summed E-state index contributed by atoms with van der Waals surface area (Å²) in [4.78, 5) is 5.54. The van der Waals surface area contributed by atoms with Gasteiger partial charge in [-0.15, -0.1) is 0 Å². The van der Waals surface area contributed by atoms with Crippen LogP contribution in [-0.2, 0) is 0 Å². The van der Waals surface area contributed by atoms with E-state index >= 15 is 0 Å². The Kier molecular flexibility index (Phi) is 3.84. The highest BCUT2D eigenvalue weighted by Crippen LogP contribution is 2.43. The Hall–Kier alpha value is -1.29. The zero-order valence-corrected chi connectivity index (χ0v) is 14.3. The van der Waals surface area contributed by atoms with Gasteiger partial charge in [0.05, 0.1) is 0 Å². The van der Waals surface area contributed by atoms with Gasteiger partial charge in [-0.3, -0.25) is 4.99 Å². The second-order valence-electron chi connectivity index (χ2n) is 7.60. The number of thiocarbonyl (C=S) groups is 1. The van der Waals surface area contributed by atoms with Gasteiger partial charge in [0.2, 0.25) is 0 Å². The van der Waals surface area contributed by atoms with Crippen LogP contribution in [0.25, 0.3) is 0 Å². The molecule has 22 heavy (non-hydrogen) atoms. The lowest BCUT2D eigenvalue weighted by Crippen LogP contribution is -2.46. The van der Waals surface area contributed by atoms with E-state index < -0.39 is 0 Å².